The summed E-state index contributed by atoms with van der Waals surface area (Å²) in [4.78, 5) is 2.38. The normalized spacial score (nSPS) is 15.1. The Labute approximate surface area is 156 Å². The average molecular weight is 355 g/mol. The van der Waals surface area contributed by atoms with E-state index >= 15 is 0 Å². The van der Waals surface area contributed by atoms with Crippen LogP contribution < -0.4 is 19.8 Å². The highest BCUT2D eigenvalue weighted by atomic mass is 16.5. The predicted octanol–water partition coefficient (Wildman–Crippen LogP) is 3.31. The first kappa shape index (κ1) is 18.5. The second-order valence-corrected chi connectivity index (χ2v) is 6.49. The van der Waals surface area contributed by atoms with E-state index in [0.717, 1.165) is 61.9 Å². The topological polar surface area (TPSA) is 37.0 Å². The van der Waals surface area contributed by atoms with Crippen molar-refractivity contribution in [1.82, 2.24) is 10.4 Å². The van der Waals surface area contributed by atoms with E-state index in [4.69, 9.17) is 9.47 Å². The molecular weight excluding hydrogens is 326 g/mol. The Morgan fingerprint density at radius 3 is 2.46 bits per heavy atom. The largest absolute Gasteiger partial charge is 0.494 e. The van der Waals surface area contributed by atoms with E-state index in [2.05, 4.69) is 40.5 Å². The molecule has 2 aromatic rings. The molecule has 0 bridgehead atoms. The van der Waals surface area contributed by atoms with Crippen LogP contribution in [0.5, 0.6) is 11.5 Å². The summed E-state index contributed by atoms with van der Waals surface area (Å²) in [5.74, 6) is 1.70. The van der Waals surface area contributed by atoms with Crippen LogP contribution in [0.15, 0.2) is 48.5 Å². The summed E-state index contributed by atoms with van der Waals surface area (Å²) in [5.41, 5.74) is 5.76. The van der Waals surface area contributed by atoms with E-state index in [1.54, 1.807) is 7.11 Å². The van der Waals surface area contributed by atoms with Crippen LogP contribution in [0.4, 0.5) is 5.69 Å². The number of anilines is 1. The van der Waals surface area contributed by atoms with Crippen molar-refractivity contribution < 1.29 is 9.47 Å². The molecule has 3 rings (SSSR count). The Kier molecular flexibility index (Phi) is 6.75. The molecule has 5 heteroatoms. The van der Waals surface area contributed by atoms with Crippen LogP contribution >= 0.6 is 0 Å². The van der Waals surface area contributed by atoms with E-state index in [9.17, 15) is 0 Å². The van der Waals surface area contributed by atoms with Crippen LogP contribution in [0.25, 0.3) is 0 Å². The van der Waals surface area contributed by atoms with Crippen molar-refractivity contribution in [3.05, 3.63) is 54.1 Å². The molecule has 0 saturated carbocycles. The first-order valence-electron chi connectivity index (χ1n) is 9.38. The summed E-state index contributed by atoms with van der Waals surface area (Å²) in [7, 11) is 1.72. The van der Waals surface area contributed by atoms with Gasteiger partial charge in [0.05, 0.1) is 12.8 Å². The zero-order valence-electron chi connectivity index (χ0n) is 15.8. The van der Waals surface area contributed by atoms with Crippen molar-refractivity contribution in [3.8, 4) is 11.5 Å². The molecule has 0 spiro atoms. The van der Waals surface area contributed by atoms with Crippen molar-refractivity contribution in [2.45, 2.75) is 20.0 Å². The first-order chi connectivity index (χ1) is 12.8. The molecular formula is C21H29N3O2. The summed E-state index contributed by atoms with van der Waals surface area (Å²) in [6, 6.07) is 16.3. The van der Waals surface area contributed by atoms with Crippen molar-refractivity contribution >= 4 is 5.69 Å². The summed E-state index contributed by atoms with van der Waals surface area (Å²) in [5, 5.41) is 2.31. The molecule has 0 aromatic heterocycles. The maximum atomic E-state index is 5.92. The van der Waals surface area contributed by atoms with Crippen LogP contribution in [-0.2, 0) is 6.61 Å². The maximum Gasteiger partial charge on any atom is 0.145 e. The van der Waals surface area contributed by atoms with Gasteiger partial charge in [0.1, 0.15) is 18.1 Å². The lowest BCUT2D eigenvalue weighted by Crippen LogP contribution is -2.52. The summed E-state index contributed by atoms with van der Waals surface area (Å²) in [6.45, 7) is 7.77. The lowest BCUT2D eigenvalue weighted by Gasteiger charge is -2.36. The number of hydrogen-bond acceptors (Lipinski definition) is 5. The van der Waals surface area contributed by atoms with E-state index in [0.29, 0.717) is 6.61 Å². The molecule has 140 valence electrons. The Balaban J connectivity index is 1.60. The molecule has 5 nitrogen and oxygen atoms in total. The Morgan fingerprint density at radius 1 is 1.00 bits per heavy atom. The molecule has 1 N–H and O–H groups in total. The Bertz CT molecular complexity index is 670. The van der Waals surface area contributed by atoms with Gasteiger partial charge in [-0.25, -0.2) is 5.01 Å². The smallest absolute Gasteiger partial charge is 0.145 e. The second-order valence-electron chi connectivity index (χ2n) is 6.49. The van der Waals surface area contributed by atoms with Crippen LogP contribution in [0.2, 0.25) is 0 Å². The Morgan fingerprint density at radius 2 is 1.77 bits per heavy atom. The summed E-state index contributed by atoms with van der Waals surface area (Å²) >= 11 is 0. The summed E-state index contributed by atoms with van der Waals surface area (Å²) in [6.07, 6.45) is 1.15. The number of benzene rings is 2. The zero-order chi connectivity index (χ0) is 18.2. The third kappa shape index (κ3) is 4.90. The fourth-order valence-corrected chi connectivity index (χ4v) is 3.13. The molecule has 1 aliphatic heterocycles. The number of hydrogen-bond donors (Lipinski definition) is 1. The average Bonchev–Trinajstić information content (AvgIpc) is 2.71. The summed E-state index contributed by atoms with van der Waals surface area (Å²) < 4.78 is 11.6. The molecule has 1 saturated heterocycles. The van der Waals surface area contributed by atoms with Gasteiger partial charge >= 0.3 is 0 Å². The fraction of sp³-hybridized carbons (Fsp3) is 0.429. The molecule has 26 heavy (non-hydrogen) atoms. The molecule has 1 heterocycles. The van der Waals surface area contributed by atoms with Crippen LogP contribution in [0, 0.1) is 0 Å². The van der Waals surface area contributed by atoms with Gasteiger partial charge in [-0.1, -0.05) is 37.3 Å². The van der Waals surface area contributed by atoms with E-state index in [1.165, 1.54) is 0 Å². The monoisotopic (exact) mass is 355 g/mol. The van der Waals surface area contributed by atoms with Gasteiger partial charge in [0.25, 0.3) is 0 Å². The quantitative estimate of drug-likeness (QED) is 0.786. The third-order valence-corrected chi connectivity index (χ3v) is 4.61. The standard InChI is InChI=1S/C21H29N3O2/c1-3-11-22-24-14-12-23(13-15-24)20-10-9-19(16-21(20)25-2)26-17-18-7-5-4-6-8-18/h4-10,16,22H,3,11-15,17H2,1-2H3. The van der Waals surface area contributed by atoms with Crippen LogP contribution in [-0.4, -0.2) is 44.8 Å². The number of hydrazine groups is 1. The van der Waals surface area contributed by atoms with Gasteiger partial charge in [-0.05, 0) is 24.1 Å². The predicted molar refractivity (Wildman–Crippen MR) is 106 cm³/mol. The van der Waals surface area contributed by atoms with Crippen molar-refractivity contribution in [2.24, 2.45) is 0 Å². The lowest BCUT2D eigenvalue weighted by atomic mass is 10.2. The lowest BCUT2D eigenvalue weighted by molar-refractivity contribution is 0.176. The van der Waals surface area contributed by atoms with Gasteiger partial charge in [0.2, 0.25) is 0 Å². The molecule has 0 radical (unpaired) electrons. The van der Waals surface area contributed by atoms with Gasteiger partial charge in [-0.2, -0.15) is 0 Å². The highest BCUT2D eigenvalue weighted by Gasteiger charge is 2.19. The van der Waals surface area contributed by atoms with Gasteiger partial charge in [-0.3, -0.25) is 5.43 Å². The number of rotatable bonds is 8. The van der Waals surface area contributed by atoms with Gasteiger partial charge < -0.3 is 14.4 Å². The minimum atomic E-state index is 0.561. The highest BCUT2D eigenvalue weighted by molar-refractivity contribution is 5.61. The minimum absolute atomic E-state index is 0.561. The number of methoxy groups -OCH3 is 1. The molecule has 0 atom stereocenters. The molecule has 2 aromatic carbocycles. The highest BCUT2D eigenvalue weighted by Crippen LogP contribution is 2.33. The molecule has 1 aliphatic rings. The van der Waals surface area contributed by atoms with Crippen molar-refractivity contribution in [2.75, 3.05) is 44.7 Å². The fourth-order valence-electron chi connectivity index (χ4n) is 3.13. The number of nitrogens with zero attached hydrogens (tertiary/aromatic N) is 2. The molecule has 0 unspecified atom stereocenters. The van der Waals surface area contributed by atoms with Crippen molar-refractivity contribution in [1.29, 1.82) is 0 Å². The van der Waals surface area contributed by atoms with E-state index in [-0.39, 0.29) is 0 Å². The van der Waals surface area contributed by atoms with Gasteiger partial charge in [-0.15, -0.1) is 0 Å². The maximum absolute atomic E-state index is 5.92. The SMILES string of the molecule is CCCNN1CCN(c2ccc(OCc3ccccc3)cc2OC)CC1. The van der Waals surface area contributed by atoms with Gasteiger partial charge in [0.15, 0.2) is 0 Å². The van der Waals surface area contributed by atoms with Gasteiger partial charge in [0, 0.05) is 38.8 Å². The molecule has 0 amide bonds. The number of piperazine rings is 1. The van der Waals surface area contributed by atoms with Crippen molar-refractivity contribution in [3.63, 3.8) is 0 Å². The Hall–Kier alpha value is -2.24. The third-order valence-electron chi connectivity index (χ3n) is 4.61. The minimum Gasteiger partial charge on any atom is -0.494 e. The number of ether oxygens (including phenoxy) is 2. The van der Waals surface area contributed by atoms with E-state index < -0.39 is 0 Å². The zero-order valence-corrected chi connectivity index (χ0v) is 15.8. The van der Waals surface area contributed by atoms with E-state index in [1.807, 2.05) is 30.3 Å². The molecule has 0 aliphatic carbocycles. The number of nitrogens with one attached hydrogen (secondary N) is 1. The van der Waals surface area contributed by atoms with Crippen LogP contribution in [0.1, 0.15) is 18.9 Å². The first-order valence-corrected chi connectivity index (χ1v) is 9.38. The second kappa shape index (κ2) is 9.46. The molecule has 1 fully saturated rings. The van der Waals surface area contributed by atoms with Crippen LogP contribution in [0.3, 0.4) is 0 Å².